The summed E-state index contributed by atoms with van der Waals surface area (Å²) in [5.41, 5.74) is 4.84. The maximum Gasteiger partial charge on any atom is 0.224 e. The number of rotatable bonds is 7. The maximum atomic E-state index is 11.4. The van der Waals surface area contributed by atoms with Gasteiger partial charge in [-0.2, -0.15) is 0 Å². The van der Waals surface area contributed by atoms with Gasteiger partial charge in [-0.05, 0) is 60.7 Å². The van der Waals surface area contributed by atoms with Crippen molar-refractivity contribution < 1.29 is 9.53 Å². The predicted molar refractivity (Wildman–Crippen MR) is 118 cm³/mol. The van der Waals surface area contributed by atoms with Crippen LogP contribution in [0.15, 0.2) is 42.5 Å². The van der Waals surface area contributed by atoms with Crippen molar-refractivity contribution in [2.24, 2.45) is 0 Å². The lowest BCUT2D eigenvalue weighted by molar-refractivity contribution is -0.116. The van der Waals surface area contributed by atoms with Gasteiger partial charge in [-0.15, -0.1) is 0 Å². The van der Waals surface area contributed by atoms with Gasteiger partial charge in [0, 0.05) is 50.5 Å². The third-order valence-electron chi connectivity index (χ3n) is 5.94. The van der Waals surface area contributed by atoms with Crippen molar-refractivity contribution in [3.8, 4) is 5.75 Å². The lowest BCUT2D eigenvalue weighted by Gasteiger charge is -2.36. The number of fused-ring (bicyclic) bond motifs is 1. The highest BCUT2D eigenvalue weighted by molar-refractivity contribution is 5.93. The van der Waals surface area contributed by atoms with E-state index >= 15 is 0 Å². The van der Waals surface area contributed by atoms with E-state index in [1.807, 2.05) is 12.1 Å². The molecule has 0 saturated carbocycles. The van der Waals surface area contributed by atoms with Crippen LogP contribution in [0.1, 0.15) is 30.9 Å². The first-order valence-electron chi connectivity index (χ1n) is 10.8. The summed E-state index contributed by atoms with van der Waals surface area (Å²) in [7, 11) is 0. The topological polar surface area (TPSA) is 44.8 Å². The van der Waals surface area contributed by atoms with E-state index < -0.39 is 0 Å². The third-order valence-corrected chi connectivity index (χ3v) is 5.94. The molecule has 0 radical (unpaired) electrons. The summed E-state index contributed by atoms with van der Waals surface area (Å²) in [6.45, 7) is 8.38. The fourth-order valence-electron chi connectivity index (χ4n) is 4.10. The molecule has 5 nitrogen and oxygen atoms in total. The van der Waals surface area contributed by atoms with Crippen molar-refractivity contribution >= 4 is 17.3 Å². The van der Waals surface area contributed by atoms with E-state index in [0.717, 1.165) is 70.0 Å². The summed E-state index contributed by atoms with van der Waals surface area (Å²) in [5.74, 6) is 1.00. The van der Waals surface area contributed by atoms with Crippen LogP contribution in [0.2, 0.25) is 0 Å². The smallest absolute Gasteiger partial charge is 0.224 e. The number of hydrogen-bond donors (Lipinski definition) is 1. The Morgan fingerprint density at radius 2 is 1.79 bits per heavy atom. The standard InChI is InChI=1S/C24H31N3O2/c1-2-19-4-7-21(8-5-19)27-15-13-26(14-16-27)12-3-17-29-22-9-10-23-20(18-22)6-11-24(28)25-23/h4-5,7-10,18H,2-3,6,11-17H2,1H3,(H,25,28). The number of hydrogen-bond acceptors (Lipinski definition) is 4. The summed E-state index contributed by atoms with van der Waals surface area (Å²) < 4.78 is 5.95. The van der Waals surface area contributed by atoms with E-state index in [9.17, 15) is 4.79 Å². The van der Waals surface area contributed by atoms with Crippen LogP contribution in [0.25, 0.3) is 0 Å². The van der Waals surface area contributed by atoms with Gasteiger partial charge in [-0.1, -0.05) is 19.1 Å². The first-order valence-corrected chi connectivity index (χ1v) is 10.8. The molecule has 5 heteroatoms. The minimum absolute atomic E-state index is 0.101. The van der Waals surface area contributed by atoms with E-state index in [1.54, 1.807) is 0 Å². The second kappa shape index (κ2) is 9.31. The molecule has 1 fully saturated rings. The Balaban J connectivity index is 1.17. The van der Waals surface area contributed by atoms with Crippen LogP contribution in [-0.2, 0) is 17.6 Å². The first kappa shape index (κ1) is 19.8. The highest BCUT2D eigenvalue weighted by atomic mass is 16.5. The van der Waals surface area contributed by atoms with Crippen molar-refractivity contribution in [3.63, 3.8) is 0 Å². The summed E-state index contributed by atoms with van der Waals surface area (Å²) in [5, 5.41) is 2.91. The highest BCUT2D eigenvalue weighted by Gasteiger charge is 2.17. The minimum atomic E-state index is 0.101. The molecular weight excluding hydrogens is 362 g/mol. The van der Waals surface area contributed by atoms with Crippen LogP contribution >= 0.6 is 0 Å². The molecule has 0 aromatic heterocycles. The number of ether oxygens (including phenoxy) is 1. The number of benzene rings is 2. The molecule has 2 heterocycles. The number of amides is 1. The van der Waals surface area contributed by atoms with Crippen molar-refractivity contribution in [2.45, 2.75) is 32.6 Å². The second-order valence-electron chi connectivity index (χ2n) is 7.92. The number of nitrogens with one attached hydrogen (secondary N) is 1. The van der Waals surface area contributed by atoms with Crippen LogP contribution in [0.3, 0.4) is 0 Å². The predicted octanol–water partition coefficient (Wildman–Crippen LogP) is 3.72. The zero-order chi connectivity index (χ0) is 20.1. The fraction of sp³-hybridized carbons (Fsp3) is 0.458. The lowest BCUT2D eigenvalue weighted by atomic mass is 10.0. The van der Waals surface area contributed by atoms with Gasteiger partial charge >= 0.3 is 0 Å². The van der Waals surface area contributed by atoms with E-state index in [4.69, 9.17) is 4.74 Å². The van der Waals surface area contributed by atoms with Crippen LogP contribution in [0.5, 0.6) is 5.75 Å². The molecule has 154 valence electrons. The Morgan fingerprint density at radius 1 is 1.00 bits per heavy atom. The molecule has 1 N–H and O–H groups in total. The Labute approximate surface area is 173 Å². The Morgan fingerprint density at radius 3 is 2.55 bits per heavy atom. The van der Waals surface area contributed by atoms with Crippen LogP contribution < -0.4 is 15.0 Å². The monoisotopic (exact) mass is 393 g/mol. The largest absolute Gasteiger partial charge is 0.494 e. The normalized spacial score (nSPS) is 17.0. The van der Waals surface area contributed by atoms with E-state index in [2.05, 4.69) is 52.4 Å². The van der Waals surface area contributed by atoms with Gasteiger partial charge in [0.1, 0.15) is 5.75 Å². The van der Waals surface area contributed by atoms with Crippen LogP contribution in [0.4, 0.5) is 11.4 Å². The summed E-state index contributed by atoms with van der Waals surface area (Å²) >= 11 is 0. The average Bonchev–Trinajstić information content (AvgIpc) is 2.77. The Hall–Kier alpha value is -2.53. The van der Waals surface area contributed by atoms with Crippen LogP contribution in [0, 0.1) is 0 Å². The number of piperazine rings is 1. The molecule has 0 aliphatic carbocycles. The van der Waals surface area contributed by atoms with Gasteiger partial charge in [0.15, 0.2) is 0 Å². The summed E-state index contributed by atoms with van der Waals surface area (Å²) in [6.07, 6.45) is 3.48. The third kappa shape index (κ3) is 5.10. The molecule has 0 bridgehead atoms. The Bertz CT molecular complexity index is 827. The lowest BCUT2D eigenvalue weighted by Crippen LogP contribution is -2.46. The molecule has 4 rings (SSSR count). The molecule has 0 unspecified atom stereocenters. The van der Waals surface area contributed by atoms with Gasteiger partial charge in [0.2, 0.25) is 5.91 Å². The van der Waals surface area contributed by atoms with E-state index in [-0.39, 0.29) is 5.91 Å². The van der Waals surface area contributed by atoms with E-state index in [1.165, 1.54) is 16.8 Å². The zero-order valence-corrected chi connectivity index (χ0v) is 17.3. The summed E-state index contributed by atoms with van der Waals surface area (Å²) in [4.78, 5) is 16.5. The van der Waals surface area contributed by atoms with Crippen molar-refractivity contribution in [3.05, 3.63) is 53.6 Å². The van der Waals surface area contributed by atoms with Crippen molar-refractivity contribution in [1.82, 2.24) is 4.90 Å². The van der Waals surface area contributed by atoms with Gasteiger partial charge < -0.3 is 15.0 Å². The summed E-state index contributed by atoms with van der Waals surface area (Å²) in [6, 6.07) is 15.0. The number of nitrogens with zero attached hydrogens (tertiary/aromatic N) is 2. The number of carbonyl (C=O) groups excluding carboxylic acids is 1. The molecule has 2 aliphatic rings. The number of aryl methyl sites for hydroxylation is 2. The molecule has 2 aliphatic heterocycles. The minimum Gasteiger partial charge on any atom is -0.494 e. The van der Waals surface area contributed by atoms with Crippen LogP contribution in [-0.4, -0.2) is 50.1 Å². The highest BCUT2D eigenvalue weighted by Crippen LogP contribution is 2.27. The second-order valence-corrected chi connectivity index (χ2v) is 7.92. The van der Waals surface area contributed by atoms with Gasteiger partial charge in [-0.3, -0.25) is 9.69 Å². The molecule has 29 heavy (non-hydrogen) atoms. The molecule has 0 spiro atoms. The molecule has 1 saturated heterocycles. The van der Waals surface area contributed by atoms with Crippen molar-refractivity contribution in [2.75, 3.05) is 49.5 Å². The molecular formula is C24H31N3O2. The fourth-order valence-corrected chi connectivity index (χ4v) is 4.10. The van der Waals surface area contributed by atoms with Crippen molar-refractivity contribution in [1.29, 1.82) is 0 Å². The van der Waals surface area contributed by atoms with Gasteiger partial charge in [-0.25, -0.2) is 0 Å². The Kier molecular flexibility index (Phi) is 6.35. The number of anilines is 2. The SMILES string of the molecule is CCc1ccc(N2CCN(CCCOc3ccc4c(c3)CCC(=O)N4)CC2)cc1. The first-order chi connectivity index (χ1) is 14.2. The number of carbonyl (C=O) groups is 1. The van der Waals surface area contributed by atoms with Gasteiger partial charge in [0.05, 0.1) is 6.61 Å². The molecule has 2 aromatic rings. The van der Waals surface area contributed by atoms with E-state index in [0.29, 0.717) is 6.42 Å². The molecule has 1 amide bonds. The molecule has 2 aromatic carbocycles. The maximum absolute atomic E-state index is 11.4. The molecule has 0 atom stereocenters. The quantitative estimate of drug-likeness (QED) is 0.728. The average molecular weight is 394 g/mol. The zero-order valence-electron chi connectivity index (χ0n) is 17.3. The van der Waals surface area contributed by atoms with Gasteiger partial charge in [0.25, 0.3) is 0 Å².